The Labute approximate surface area is 145 Å². The SMILES string of the molecule is CCN(c1ncccc1Cn1ccc2cnc(Cl)cc21)S(C)(=O)=O. The Morgan fingerprint density at radius 3 is 2.79 bits per heavy atom. The Balaban J connectivity index is 2.06. The van der Waals surface area contributed by atoms with Crippen molar-refractivity contribution in [1.82, 2.24) is 14.5 Å². The van der Waals surface area contributed by atoms with Crippen LogP contribution in [0.1, 0.15) is 12.5 Å². The highest BCUT2D eigenvalue weighted by molar-refractivity contribution is 7.92. The zero-order valence-corrected chi connectivity index (χ0v) is 14.9. The van der Waals surface area contributed by atoms with Crippen LogP contribution in [-0.4, -0.2) is 35.8 Å². The molecule has 3 aromatic heterocycles. The van der Waals surface area contributed by atoms with Gasteiger partial charge in [0, 0.05) is 36.1 Å². The number of rotatable bonds is 5. The number of nitrogens with zero attached hydrogens (tertiary/aromatic N) is 4. The summed E-state index contributed by atoms with van der Waals surface area (Å²) >= 11 is 5.99. The van der Waals surface area contributed by atoms with Gasteiger partial charge in [0.25, 0.3) is 0 Å². The summed E-state index contributed by atoms with van der Waals surface area (Å²) in [6.07, 6.45) is 6.43. The number of fused-ring (bicyclic) bond motifs is 1. The lowest BCUT2D eigenvalue weighted by molar-refractivity contribution is 0.597. The first-order valence-electron chi connectivity index (χ1n) is 7.42. The van der Waals surface area contributed by atoms with E-state index in [0.717, 1.165) is 16.5 Å². The van der Waals surface area contributed by atoms with Crippen molar-refractivity contribution in [3.8, 4) is 0 Å². The first-order chi connectivity index (χ1) is 11.4. The molecule has 0 amide bonds. The molecule has 24 heavy (non-hydrogen) atoms. The molecule has 0 saturated carbocycles. The fraction of sp³-hybridized carbons (Fsp3) is 0.250. The molecule has 0 N–H and O–H groups in total. The van der Waals surface area contributed by atoms with E-state index in [2.05, 4.69) is 9.97 Å². The topological polar surface area (TPSA) is 68.1 Å². The Morgan fingerprint density at radius 2 is 2.08 bits per heavy atom. The van der Waals surface area contributed by atoms with Crippen LogP contribution in [0.3, 0.4) is 0 Å². The smallest absolute Gasteiger partial charge is 0.233 e. The first kappa shape index (κ1) is 16.7. The second-order valence-corrected chi connectivity index (χ2v) is 7.72. The van der Waals surface area contributed by atoms with E-state index < -0.39 is 10.0 Å². The molecule has 0 aliphatic rings. The van der Waals surface area contributed by atoms with Crippen LogP contribution < -0.4 is 4.31 Å². The quantitative estimate of drug-likeness (QED) is 0.653. The van der Waals surface area contributed by atoms with Crippen molar-refractivity contribution in [2.24, 2.45) is 0 Å². The molecule has 8 heteroatoms. The maximum atomic E-state index is 12.0. The molecule has 0 atom stereocenters. The lowest BCUT2D eigenvalue weighted by Gasteiger charge is -2.22. The molecule has 6 nitrogen and oxygen atoms in total. The van der Waals surface area contributed by atoms with Crippen molar-refractivity contribution in [1.29, 1.82) is 0 Å². The molecule has 3 heterocycles. The molecule has 3 rings (SSSR count). The minimum atomic E-state index is -3.39. The van der Waals surface area contributed by atoms with Gasteiger partial charge in [-0.2, -0.15) is 0 Å². The Bertz CT molecular complexity index is 985. The lowest BCUT2D eigenvalue weighted by atomic mass is 10.2. The number of pyridine rings is 2. The molecule has 0 aliphatic carbocycles. The van der Waals surface area contributed by atoms with Crippen LogP contribution >= 0.6 is 11.6 Å². The third kappa shape index (κ3) is 3.22. The average Bonchev–Trinajstić information content (AvgIpc) is 2.90. The minimum Gasteiger partial charge on any atom is -0.343 e. The highest BCUT2D eigenvalue weighted by atomic mass is 35.5. The number of hydrogen-bond acceptors (Lipinski definition) is 4. The van der Waals surface area contributed by atoms with Crippen molar-refractivity contribution >= 4 is 38.3 Å². The van der Waals surface area contributed by atoms with Crippen molar-refractivity contribution in [3.05, 3.63) is 53.6 Å². The lowest BCUT2D eigenvalue weighted by Crippen LogP contribution is -2.31. The van der Waals surface area contributed by atoms with Crippen LogP contribution in [0.15, 0.2) is 42.9 Å². The Hall–Kier alpha value is -2.12. The van der Waals surface area contributed by atoms with Gasteiger partial charge in [-0.05, 0) is 25.1 Å². The predicted octanol–water partition coefficient (Wildman–Crippen LogP) is 2.92. The molecule has 0 radical (unpaired) electrons. The van der Waals surface area contributed by atoms with Crippen molar-refractivity contribution in [2.75, 3.05) is 17.1 Å². The van der Waals surface area contributed by atoms with Crippen LogP contribution in [0, 0.1) is 0 Å². The molecular formula is C16H17ClN4O2S. The molecule has 3 aromatic rings. The second-order valence-electron chi connectivity index (χ2n) is 5.42. The molecular weight excluding hydrogens is 348 g/mol. The third-order valence-corrected chi connectivity index (χ3v) is 5.19. The van der Waals surface area contributed by atoms with Gasteiger partial charge in [0.1, 0.15) is 11.0 Å². The third-order valence-electron chi connectivity index (χ3n) is 3.75. The van der Waals surface area contributed by atoms with Gasteiger partial charge >= 0.3 is 0 Å². The normalized spacial score (nSPS) is 11.8. The van der Waals surface area contributed by atoms with Gasteiger partial charge in [-0.1, -0.05) is 17.7 Å². The zero-order chi connectivity index (χ0) is 17.3. The van der Waals surface area contributed by atoms with Gasteiger partial charge in [0.2, 0.25) is 10.0 Å². The van der Waals surface area contributed by atoms with E-state index >= 15 is 0 Å². The van der Waals surface area contributed by atoms with Crippen molar-refractivity contribution in [3.63, 3.8) is 0 Å². The van der Waals surface area contributed by atoms with E-state index in [0.29, 0.717) is 24.1 Å². The van der Waals surface area contributed by atoms with E-state index in [9.17, 15) is 8.42 Å². The molecule has 0 spiro atoms. The van der Waals surface area contributed by atoms with Crippen LogP contribution in [0.5, 0.6) is 0 Å². The number of anilines is 1. The summed E-state index contributed by atoms with van der Waals surface area (Å²) in [5, 5.41) is 1.39. The predicted molar refractivity (Wildman–Crippen MR) is 95.9 cm³/mol. The minimum absolute atomic E-state index is 0.324. The van der Waals surface area contributed by atoms with Crippen LogP contribution in [0.2, 0.25) is 5.15 Å². The Kier molecular flexibility index (Phi) is 4.47. The summed E-state index contributed by atoms with van der Waals surface area (Å²) in [5.74, 6) is 0.449. The first-order valence-corrected chi connectivity index (χ1v) is 9.64. The summed E-state index contributed by atoms with van der Waals surface area (Å²) in [5.41, 5.74) is 1.75. The van der Waals surface area contributed by atoms with E-state index in [1.807, 2.05) is 22.9 Å². The highest BCUT2D eigenvalue weighted by Gasteiger charge is 2.20. The van der Waals surface area contributed by atoms with Gasteiger partial charge in [0.05, 0.1) is 18.3 Å². The number of hydrogen-bond donors (Lipinski definition) is 0. The highest BCUT2D eigenvalue weighted by Crippen LogP contribution is 2.24. The summed E-state index contributed by atoms with van der Waals surface area (Å²) in [6.45, 7) is 2.60. The Morgan fingerprint density at radius 1 is 1.29 bits per heavy atom. The number of aromatic nitrogens is 3. The van der Waals surface area contributed by atoms with Crippen molar-refractivity contribution < 1.29 is 8.42 Å². The summed E-state index contributed by atoms with van der Waals surface area (Å²) in [7, 11) is -3.39. The number of sulfonamides is 1. The molecule has 0 aliphatic heterocycles. The maximum absolute atomic E-state index is 12.0. The summed E-state index contributed by atoms with van der Waals surface area (Å²) < 4.78 is 27.4. The molecule has 126 valence electrons. The van der Waals surface area contributed by atoms with E-state index in [1.165, 1.54) is 10.6 Å². The number of halogens is 1. The molecule has 0 saturated heterocycles. The summed E-state index contributed by atoms with van der Waals surface area (Å²) in [6, 6.07) is 7.42. The average molecular weight is 365 g/mol. The second kappa shape index (κ2) is 6.41. The monoisotopic (exact) mass is 364 g/mol. The van der Waals surface area contributed by atoms with Crippen LogP contribution in [-0.2, 0) is 16.6 Å². The van der Waals surface area contributed by atoms with Crippen LogP contribution in [0.25, 0.3) is 10.9 Å². The van der Waals surface area contributed by atoms with E-state index in [-0.39, 0.29) is 0 Å². The van der Waals surface area contributed by atoms with Gasteiger partial charge in [-0.3, -0.25) is 4.31 Å². The molecule has 0 fully saturated rings. The van der Waals surface area contributed by atoms with Crippen molar-refractivity contribution in [2.45, 2.75) is 13.5 Å². The zero-order valence-electron chi connectivity index (χ0n) is 13.3. The summed E-state index contributed by atoms with van der Waals surface area (Å²) in [4.78, 5) is 8.36. The van der Waals surface area contributed by atoms with Gasteiger partial charge in [-0.15, -0.1) is 0 Å². The maximum Gasteiger partial charge on any atom is 0.233 e. The van der Waals surface area contributed by atoms with Gasteiger partial charge < -0.3 is 4.57 Å². The molecule has 0 bridgehead atoms. The van der Waals surface area contributed by atoms with Gasteiger partial charge in [0.15, 0.2) is 0 Å². The fourth-order valence-corrected chi connectivity index (χ4v) is 3.80. The standard InChI is InChI=1S/C16H17ClN4O2S/c1-3-21(24(2,22)23)16-13(5-4-7-18-16)11-20-8-6-12-10-19-15(17)9-14(12)20/h4-10H,3,11H2,1-2H3. The van der Waals surface area contributed by atoms with Gasteiger partial charge in [-0.25, -0.2) is 18.4 Å². The van der Waals surface area contributed by atoms with E-state index in [4.69, 9.17) is 11.6 Å². The van der Waals surface area contributed by atoms with Crippen LogP contribution in [0.4, 0.5) is 5.82 Å². The molecule has 0 aromatic carbocycles. The largest absolute Gasteiger partial charge is 0.343 e. The van der Waals surface area contributed by atoms with E-state index in [1.54, 1.807) is 31.5 Å². The molecule has 0 unspecified atom stereocenters. The fourth-order valence-electron chi connectivity index (χ4n) is 2.70.